The van der Waals surface area contributed by atoms with Crippen LogP contribution in [-0.4, -0.2) is 31.9 Å². The van der Waals surface area contributed by atoms with Crippen LogP contribution in [0.1, 0.15) is 30.4 Å². The number of nitrogens with zero attached hydrogens (tertiary/aromatic N) is 1. The average molecular weight is 472 g/mol. The fourth-order valence-corrected chi connectivity index (χ4v) is 3.99. The zero-order chi connectivity index (χ0) is 23.4. The number of rotatable bonds is 9. The maximum atomic E-state index is 12.4. The van der Waals surface area contributed by atoms with Gasteiger partial charge in [0.25, 0.3) is 0 Å². The van der Waals surface area contributed by atoms with Gasteiger partial charge in [-0.05, 0) is 50.1 Å². The van der Waals surface area contributed by atoms with E-state index >= 15 is 0 Å². The van der Waals surface area contributed by atoms with Gasteiger partial charge in [0.2, 0.25) is 28.6 Å². The highest BCUT2D eigenvalue weighted by Crippen LogP contribution is 2.33. The summed E-state index contributed by atoms with van der Waals surface area (Å²) in [4.78, 5) is 16.8. The van der Waals surface area contributed by atoms with Crippen molar-refractivity contribution in [3.8, 4) is 23.0 Å². The summed E-state index contributed by atoms with van der Waals surface area (Å²) in [5.74, 6) is 2.08. The third-order valence-corrected chi connectivity index (χ3v) is 6.52. The van der Waals surface area contributed by atoms with Gasteiger partial charge in [-0.2, -0.15) is 0 Å². The molecule has 0 saturated heterocycles. The Balaban J connectivity index is 1.38. The third kappa shape index (κ3) is 5.46. The van der Waals surface area contributed by atoms with Crippen molar-refractivity contribution >= 4 is 21.6 Å². The Labute approximate surface area is 192 Å². The van der Waals surface area contributed by atoms with Crippen LogP contribution in [0.15, 0.2) is 46.9 Å². The summed E-state index contributed by atoms with van der Waals surface area (Å²) in [5.41, 5.74) is 2.48. The largest absolute Gasteiger partial charge is 0.454 e. The van der Waals surface area contributed by atoms with Crippen LogP contribution in [0.3, 0.4) is 0 Å². The van der Waals surface area contributed by atoms with Crippen LogP contribution in [0.4, 0.5) is 5.69 Å². The average Bonchev–Trinajstić information content (AvgIpc) is 3.42. The van der Waals surface area contributed by atoms with Crippen LogP contribution in [0.5, 0.6) is 11.5 Å². The Kier molecular flexibility index (Phi) is 6.55. The fourth-order valence-electron chi connectivity index (χ4n) is 3.33. The first-order chi connectivity index (χ1) is 15.8. The quantitative estimate of drug-likeness (QED) is 0.491. The molecule has 2 heterocycles. The van der Waals surface area contributed by atoms with Gasteiger partial charge < -0.3 is 19.2 Å². The first kappa shape index (κ1) is 22.7. The first-order valence-corrected chi connectivity index (χ1v) is 12.2. The number of carbonyl (C=O) groups is 1. The number of hydrogen-bond donors (Lipinski definition) is 2. The molecule has 9 nitrogen and oxygen atoms in total. The molecule has 174 valence electrons. The van der Waals surface area contributed by atoms with Gasteiger partial charge >= 0.3 is 0 Å². The number of aromatic nitrogens is 1. The number of fused-ring (bicyclic) bond motifs is 1. The molecule has 0 fully saturated rings. The minimum Gasteiger partial charge on any atom is -0.454 e. The molecule has 0 saturated carbocycles. The highest BCUT2D eigenvalue weighted by molar-refractivity contribution is 7.92. The number of anilines is 1. The minimum atomic E-state index is -3.45. The van der Waals surface area contributed by atoms with Crippen molar-refractivity contribution < 1.29 is 27.1 Å². The second kappa shape index (κ2) is 9.53. The second-order valence-corrected chi connectivity index (χ2v) is 9.55. The maximum absolute atomic E-state index is 12.4. The van der Waals surface area contributed by atoms with E-state index in [-0.39, 0.29) is 30.9 Å². The number of ether oxygens (including phenoxy) is 2. The summed E-state index contributed by atoms with van der Waals surface area (Å²) >= 11 is 0. The second-order valence-electron chi connectivity index (χ2n) is 7.54. The number of nitrogens with one attached hydrogen (secondary N) is 2. The Bertz CT molecular complexity index is 1270. The Hall–Kier alpha value is -3.53. The van der Waals surface area contributed by atoms with Crippen LogP contribution < -0.4 is 19.5 Å². The van der Waals surface area contributed by atoms with E-state index in [0.717, 1.165) is 5.56 Å². The van der Waals surface area contributed by atoms with E-state index < -0.39 is 10.0 Å². The Morgan fingerprint density at radius 3 is 2.73 bits per heavy atom. The predicted octanol–water partition coefficient (Wildman–Crippen LogP) is 3.39. The molecule has 1 aliphatic heterocycles. The first-order valence-electron chi connectivity index (χ1n) is 10.6. The summed E-state index contributed by atoms with van der Waals surface area (Å²) in [6, 6.07) is 12.5. The minimum absolute atomic E-state index is 0.0461. The molecule has 0 unspecified atom stereocenters. The van der Waals surface area contributed by atoms with E-state index in [1.54, 1.807) is 38.1 Å². The standard InChI is InChI=1S/C23H25N3O6S/c1-3-33(28,29)26-18-7-5-4-6-17(18)23-25-19(15(2)32-23)13-24-22(27)11-9-16-8-10-20-21(12-16)31-14-30-20/h4-8,10,12,26H,3,9,11,13-14H2,1-2H3,(H,24,27). The van der Waals surface area contributed by atoms with E-state index in [0.29, 0.717) is 47.0 Å². The zero-order valence-corrected chi connectivity index (χ0v) is 19.2. The Morgan fingerprint density at radius 2 is 1.91 bits per heavy atom. The molecule has 0 atom stereocenters. The lowest BCUT2D eigenvalue weighted by Crippen LogP contribution is -2.23. The van der Waals surface area contributed by atoms with E-state index in [4.69, 9.17) is 13.9 Å². The van der Waals surface area contributed by atoms with Crippen LogP contribution in [0.25, 0.3) is 11.5 Å². The monoisotopic (exact) mass is 471 g/mol. The lowest BCUT2D eigenvalue weighted by atomic mass is 10.1. The number of amides is 1. The fraction of sp³-hybridized carbons (Fsp3) is 0.304. The van der Waals surface area contributed by atoms with Crippen molar-refractivity contribution in [2.24, 2.45) is 0 Å². The molecule has 0 radical (unpaired) electrons. The van der Waals surface area contributed by atoms with E-state index in [1.807, 2.05) is 18.2 Å². The summed E-state index contributed by atoms with van der Waals surface area (Å²) in [7, 11) is -3.45. The van der Waals surface area contributed by atoms with Crippen LogP contribution >= 0.6 is 0 Å². The number of carbonyl (C=O) groups excluding carboxylic acids is 1. The van der Waals surface area contributed by atoms with Crippen LogP contribution in [-0.2, 0) is 27.8 Å². The molecule has 33 heavy (non-hydrogen) atoms. The lowest BCUT2D eigenvalue weighted by Gasteiger charge is -2.09. The number of para-hydroxylation sites is 1. The summed E-state index contributed by atoms with van der Waals surface area (Å²) in [6.07, 6.45) is 0.876. The van der Waals surface area contributed by atoms with Crippen LogP contribution in [0, 0.1) is 6.92 Å². The van der Waals surface area contributed by atoms with Crippen molar-refractivity contribution in [2.45, 2.75) is 33.2 Å². The molecule has 2 N–H and O–H groups in total. The van der Waals surface area contributed by atoms with Crippen molar-refractivity contribution in [3.05, 3.63) is 59.5 Å². The highest BCUT2D eigenvalue weighted by Gasteiger charge is 2.18. The van der Waals surface area contributed by atoms with Gasteiger partial charge in [-0.3, -0.25) is 9.52 Å². The molecule has 1 aliphatic rings. The van der Waals surface area contributed by atoms with Gasteiger partial charge in [-0.25, -0.2) is 13.4 Å². The molecule has 10 heteroatoms. The van der Waals surface area contributed by atoms with Crippen molar-refractivity contribution in [1.82, 2.24) is 10.3 Å². The van der Waals surface area contributed by atoms with Gasteiger partial charge in [-0.15, -0.1) is 0 Å². The van der Waals surface area contributed by atoms with Crippen molar-refractivity contribution in [1.29, 1.82) is 0 Å². The zero-order valence-electron chi connectivity index (χ0n) is 18.4. The van der Waals surface area contributed by atoms with E-state index in [9.17, 15) is 13.2 Å². The topological polar surface area (TPSA) is 120 Å². The number of hydrogen-bond acceptors (Lipinski definition) is 7. The van der Waals surface area contributed by atoms with Gasteiger partial charge in [0.05, 0.1) is 23.5 Å². The molecule has 0 bridgehead atoms. The summed E-state index contributed by atoms with van der Waals surface area (Å²) in [5, 5.41) is 2.86. The Morgan fingerprint density at radius 1 is 1.12 bits per heavy atom. The van der Waals surface area contributed by atoms with E-state index in [1.165, 1.54) is 0 Å². The normalized spacial score (nSPS) is 12.5. The maximum Gasteiger partial charge on any atom is 0.232 e. The molecule has 1 aromatic heterocycles. The van der Waals surface area contributed by atoms with Gasteiger partial charge in [-0.1, -0.05) is 18.2 Å². The van der Waals surface area contributed by atoms with Gasteiger partial charge in [0, 0.05) is 6.42 Å². The molecular weight excluding hydrogens is 446 g/mol. The molecule has 0 aliphatic carbocycles. The van der Waals surface area contributed by atoms with Crippen molar-refractivity contribution in [2.75, 3.05) is 17.3 Å². The van der Waals surface area contributed by atoms with Crippen LogP contribution in [0.2, 0.25) is 0 Å². The molecule has 4 rings (SSSR count). The molecular formula is C23H25N3O6S. The van der Waals surface area contributed by atoms with Gasteiger partial charge in [0.1, 0.15) is 11.5 Å². The summed E-state index contributed by atoms with van der Waals surface area (Å²) < 4.78 is 43.0. The molecule has 2 aromatic carbocycles. The predicted molar refractivity (Wildman–Crippen MR) is 122 cm³/mol. The van der Waals surface area contributed by atoms with Gasteiger partial charge in [0.15, 0.2) is 11.5 Å². The number of aryl methyl sites for hydroxylation is 2. The smallest absolute Gasteiger partial charge is 0.232 e. The van der Waals surface area contributed by atoms with Crippen molar-refractivity contribution in [3.63, 3.8) is 0 Å². The highest BCUT2D eigenvalue weighted by atomic mass is 32.2. The summed E-state index contributed by atoms with van der Waals surface area (Å²) in [6.45, 7) is 3.74. The van der Waals surface area contributed by atoms with E-state index in [2.05, 4.69) is 15.0 Å². The lowest BCUT2D eigenvalue weighted by molar-refractivity contribution is -0.121. The number of benzene rings is 2. The number of oxazole rings is 1. The third-order valence-electron chi connectivity index (χ3n) is 5.23. The molecule has 0 spiro atoms. The number of sulfonamides is 1. The molecule has 1 amide bonds. The SMILES string of the molecule is CCS(=O)(=O)Nc1ccccc1-c1nc(CNC(=O)CCc2ccc3c(c2)OCO3)c(C)o1. The molecule has 3 aromatic rings.